The highest BCUT2D eigenvalue weighted by Gasteiger charge is 2.19. The zero-order chi connectivity index (χ0) is 27.5. The number of aromatic nitrogens is 3. The van der Waals surface area contributed by atoms with E-state index >= 15 is 0 Å². The van der Waals surface area contributed by atoms with E-state index in [1.807, 2.05) is 36.4 Å². The molecule has 0 aliphatic heterocycles. The van der Waals surface area contributed by atoms with Gasteiger partial charge >= 0.3 is 5.63 Å². The Bertz CT molecular complexity index is 1730. The second-order valence-electron chi connectivity index (χ2n) is 8.27. The predicted octanol–water partition coefficient (Wildman–Crippen LogP) is 7.89. The quantitative estimate of drug-likeness (QED) is 0.125. The monoisotopic (exact) mass is 795 g/mol. The highest BCUT2D eigenvalue weighted by molar-refractivity contribution is 9.11. The Morgan fingerprint density at radius 2 is 1.51 bits per heavy atom. The number of aliphatic hydroxyl groups excluding tert-OH is 1. The van der Waals surface area contributed by atoms with Crippen LogP contribution in [0.15, 0.2) is 99.0 Å². The Kier molecular flexibility index (Phi) is 9.20. The molecule has 1 atom stereocenters. The molecule has 198 valence electrons. The van der Waals surface area contributed by atoms with E-state index in [9.17, 15) is 9.90 Å². The average Bonchev–Trinajstić information content (AvgIpc) is 2.90. The first kappa shape index (κ1) is 28.4. The van der Waals surface area contributed by atoms with Crippen LogP contribution in [0.3, 0.4) is 0 Å². The van der Waals surface area contributed by atoms with Crippen molar-refractivity contribution < 1.29 is 14.3 Å². The van der Waals surface area contributed by atoms with Crippen LogP contribution < -0.4 is 10.4 Å². The molecular formula is C27H17Br4N3O4S. The summed E-state index contributed by atoms with van der Waals surface area (Å²) in [7, 11) is 0. The zero-order valence-corrected chi connectivity index (χ0v) is 26.9. The first-order chi connectivity index (χ1) is 18.8. The number of nitrogens with zero attached hydrogens (tertiary/aromatic N) is 3. The van der Waals surface area contributed by atoms with Gasteiger partial charge in [0.15, 0.2) is 0 Å². The lowest BCUT2D eigenvalue weighted by Crippen LogP contribution is -2.20. The lowest BCUT2D eigenvalue weighted by molar-refractivity contribution is 0.126. The molecule has 3 aromatic carbocycles. The second kappa shape index (κ2) is 12.6. The van der Waals surface area contributed by atoms with Crippen molar-refractivity contribution >= 4 is 86.5 Å². The lowest BCUT2D eigenvalue weighted by Gasteiger charge is -2.14. The fourth-order valence-corrected chi connectivity index (χ4v) is 6.81. The molecule has 1 unspecified atom stereocenters. The molecule has 0 aliphatic carbocycles. The minimum Gasteiger partial charge on any atom is -0.491 e. The van der Waals surface area contributed by atoms with E-state index in [4.69, 9.17) is 14.1 Å². The summed E-state index contributed by atoms with van der Waals surface area (Å²) >= 11 is 15.5. The number of fused-ring (bicyclic) bond motifs is 1. The number of hydrogen-bond donors (Lipinski definition) is 1. The van der Waals surface area contributed by atoms with Crippen molar-refractivity contribution in [1.82, 2.24) is 15.2 Å². The molecule has 0 saturated carbocycles. The molecule has 12 heteroatoms. The molecule has 0 aliphatic rings. The van der Waals surface area contributed by atoms with E-state index in [-0.39, 0.29) is 12.4 Å². The molecular weight excluding hydrogens is 782 g/mol. The number of benzene rings is 3. The number of halogens is 4. The van der Waals surface area contributed by atoms with Gasteiger partial charge in [0, 0.05) is 52.3 Å². The molecule has 5 aromatic rings. The van der Waals surface area contributed by atoms with E-state index in [0.717, 1.165) is 34.4 Å². The highest BCUT2D eigenvalue weighted by atomic mass is 79.9. The number of ether oxygens (including phenoxy) is 1. The van der Waals surface area contributed by atoms with Gasteiger partial charge in [-0.1, -0.05) is 87.6 Å². The number of aliphatic hydroxyl groups is 1. The summed E-state index contributed by atoms with van der Waals surface area (Å²) in [5.41, 5.74) is 2.96. The average molecular weight is 799 g/mol. The summed E-state index contributed by atoms with van der Waals surface area (Å²) in [6.45, 7) is 0.0397. The topological polar surface area (TPSA) is 98.3 Å². The van der Waals surface area contributed by atoms with Crippen LogP contribution in [0.2, 0.25) is 0 Å². The Balaban J connectivity index is 1.34. The fourth-order valence-electron chi connectivity index (χ4n) is 3.65. The van der Waals surface area contributed by atoms with Crippen molar-refractivity contribution in [3.8, 4) is 28.3 Å². The van der Waals surface area contributed by atoms with Crippen molar-refractivity contribution in [2.75, 3.05) is 12.4 Å². The molecule has 0 saturated heterocycles. The molecule has 2 aromatic heterocycles. The predicted molar refractivity (Wildman–Crippen MR) is 166 cm³/mol. The maximum atomic E-state index is 11.5. The maximum Gasteiger partial charge on any atom is 0.336 e. The largest absolute Gasteiger partial charge is 0.491 e. The molecule has 0 spiro atoms. The van der Waals surface area contributed by atoms with E-state index in [2.05, 4.69) is 73.9 Å². The Morgan fingerprint density at radius 3 is 2.21 bits per heavy atom. The van der Waals surface area contributed by atoms with Gasteiger partial charge in [-0.2, -0.15) is 0 Å². The van der Waals surface area contributed by atoms with Crippen LogP contribution in [0.1, 0.15) is 0 Å². The van der Waals surface area contributed by atoms with E-state index in [1.165, 1.54) is 17.8 Å². The normalized spacial score (nSPS) is 12.0. The summed E-state index contributed by atoms with van der Waals surface area (Å²) in [5, 5.41) is 20.6. The summed E-state index contributed by atoms with van der Waals surface area (Å²) in [5.74, 6) is 0.776. The van der Waals surface area contributed by atoms with Crippen LogP contribution in [0.25, 0.3) is 33.5 Å². The Labute approximate surface area is 260 Å². The van der Waals surface area contributed by atoms with E-state index in [1.54, 1.807) is 24.3 Å². The van der Waals surface area contributed by atoms with Gasteiger partial charge in [0.25, 0.3) is 0 Å². The Hall–Kier alpha value is -2.09. The number of hydrogen-bond acceptors (Lipinski definition) is 8. The minimum atomic E-state index is -0.805. The van der Waals surface area contributed by atoms with Gasteiger partial charge in [-0.15, -0.1) is 10.2 Å². The molecule has 0 bridgehead atoms. The molecule has 39 heavy (non-hydrogen) atoms. The first-order valence-corrected chi connectivity index (χ1v) is 15.6. The minimum absolute atomic E-state index is 0.0397. The maximum absolute atomic E-state index is 11.5. The zero-order valence-electron chi connectivity index (χ0n) is 19.8. The number of rotatable bonds is 8. The van der Waals surface area contributed by atoms with Crippen molar-refractivity contribution in [1.29, 1.82) is 0 Å². The van der Waals surface area contributed by atoms with Gasteiger partial charge in [0.1, 0.15) is 29.3 Å². The second-order valence-corrected chi connectivity index (χ2v) is 12.8. The summed E-state index contributed by atoms with van der Waals surface area (Å²) in [6.07, 6.45) is -0.805. The van der Waals surface area contributed by atoms with Crippen LogP contribution >= 0.6 is 75.5 Å². The fraction of sp³-hybridized carbons (Fsp3) is 0.111. The van der Waals surface area contributed by atoms with Gasteiger partial charge in [0.2, 0.25) is 5.16 Å². The molecule has 5 rings (SSSR count). The standard InChI is InChI=1S/C27H17Br4N3O4S/c28-15-3-6-19(21(30)9-15)25-26(20-7-4-16(29)10-22(20)31)33-34-27(32-25)39-13-17(35)12-37-18-5-1-14-2-8-24(36)38-23(14)11-18/h1-11,17,35H,12-13H2. The molecule has 1 N–H and O–H groups in total. The molecule has 2 heterocycles. The van der Waals surface area contributed by atoms with Crippen LogP contribution in [-0.4, -0.2) is 38.8 Å². The van der Waals surface area contributed by atoms with Gasteiger partial charge < -0.3 is 14.3 Å². The molecule has 0 amide bonds. The highest BCUT2D eigenvalue weighted by Crippen LogP contribution is 2.38. The third-order valence-corrected chi connectivity index (χ3v) is 8.76. The first-order valence-electron chi connectivity index (χ1n) is 11.4. The number of thioether (sulfide) groups is 1. The van der Waals surface area contributed by atoms with Crippen LogP contribution in [0.5, 0.6) is 5.75 Å². The van der Waals surface area contributed by atoms with Crippen LogP contribution in [0.4, 0.5) is 0 Å². The Morgan fingerprint density at radius 1 is 0.846 bits per heavy atom. The lowest BCUT2D eigenvalue weighted by atomic mass is 10.0. The summed E-state index contributed by atoms with van der Waals surface area (Å²) < 4.78 is 14.5. The van der Waals surface area contributed by atoms with Crippen molar-refractivity contribution in [2.24, 2.45) is 0 Å². The molecule has 0 radical (unpaired) electrons. The third-order valence-electron chi connectivity index (χ3n) is 5.48. The summed E-state index contributed by atoms with van der Waals surface area (Å²) in [4.78, 5) is 16.3. The van der Waals surface area contributed by atoms with Crippen LogP contribution in [0, 0.1) is 0 Å². The molecule has 7 nitrogen and oxygen atoms in total. The van der Waals surface area contributed by atoms with Crippen LogP contribution in [-0.2, 0) is 0 Å². The van der Waals surface area contributed by atoms with E-state index < -0.39 is 11.7 Å². The van der Waals surface area contributed by atoms with Gasteiger partial charge in [-0.3, -0.25) is 0 Å². The van der Waals surface area contributed by atoms with E-state index in [0.29, 0.717) is 27.9 Å². The SMILES string of the molecule is O=c1ccc2ccc(OCC(O)CSc3nnc(-c4ccc(Br)cc4Br)c(-c4ccc(Br)cc4Br)n3)cc2o1. The van der Waals surface area contributed by atoms with Gasteiger partial charge in [-0.25, -0.2) is 9.78 Å². The van der Waals surface area contributed by atoms with Crippen molar-refractivity contribution in [3.63, 3.8) is 0 Å². The third kappa shape index (κ3) is 6.98. The summed E-state index contributed by atoms with van der Waals surface area (Å²) in [6, 6.07) is 19.9. The van der Waals surface area contributed by atoms with Crippen molar-refractivity contribution in [2.45, 2.75) is 11.3 Å². The van der Waals surface area contributed by atoms with Crippen molar-refractivity contribution in [3.05, 3.63) is 95.0 Å². The van der Waals surface area contributed by atoms with Gasteiger partial charge in [-0.05, 0) is 42.5 Å². The van der Waals surface area contributed by atoms with Gasteiger partial charge in [0.05, 0.1) is 6.10 Å². The molecule has 0 fully saturated rings. The smallest absolute Gasteiger partial charge is 0.336 e.